The summed E-state index contributed by atoms with van der Waals surface area (Å²) >= 11 is 5.96. The van der Waals surface area contributed by atoms with Crippen LogP contribution in [-0.4, -0.2) is 0 Å². The van der Waals surface area contributed by atoms with Crippen molar-refractivity contribution in [3.63, 3.8) is 0 Å². The molecule has 2 N–H and O–H groups in total. The van der Waals surface area contributed by atoms with E-state index in [1.165, 1.54) is 42.4 Å². The number of benzene rings is 2. The van der Waals surface area contributed by atoms with Gasteiger partial charge in [-0.3, -0.25) is 0 Å². The number of hydrogen-bond donors (Lipinski definition) is 1. The van der Waals surface area contributed by atoms with Crippen LogP contribution >= 0.6 is 11.6 Å². The van der Waals surface area contributed by atoms with Crippen LogP contribution in [0.1, 0.15) is 24.0 Å². The number of nitrogens with two attached hydrogens (primary N) is 1. The van der Waals surface area contributed by atoms with E-state index >= 15 is 0 Å². The molecule has 0 bridgehead atoms. The first-order valence-electron chi connectivity index (χ1n) is 6.41. The molecule has 1 nitrogen and oxygen atoms in total. The van der Waals surface area contributed by atoms with E-state index in [2.05, 4.69) is 18.2 Å². The lowest BCUT2D eigenvalue weighted by Gasteiger charge is -2.16. The molecule has 1 aliphatic carbocycles. The number of aryl methyl sites for hydroxylation is 2. The molecule has 18 heavy (non-hydrogen) atoms. The van der Waals surface area contributed by atoms with Gasteiger partial charge in [0.2, 0.25) is 0 Å². The van der Waals surface area contributed by atoms with Crippen molar-refractivity contribution in [3.05, 3.63) is 52.5 Å². The monoisotopic (exact) mass is 257 g/mol. The molecule has 0 radical (unpaired) electrons. The third kappa shape index (κ3) is 2.11. The van der Waals surface area contributed by atoms with E-state index in [9.17, 15) is 0 Å². The summed E-state index contributed by atoms with van der Waals surface area (Å²) in [6.45, 7) is 0. The van der Waals surface area contributed by atoms with E-state index in [1.54, 1.807) is 0 Å². The smallest absolute Gasteiger partial charge is 0.0635 e. The lowest BCUT2D eigenvalue weighted by molar-refractivity contribution is 0.686. The molecule has 1 aliphatic rings. The first-order chi connectivity index (χ1) is 8.74. The predicted molar refractivity (Wildman–Crippen MR) is 77.9 cm³/mol. The van der Waals surface area contributed by atoms with Crippen LogP contribution in [0.3, 0.4) is 0 Å². The van der Waals surface area contributed by atoms with Crippen LogP contribution in [0, 0.1) is 0 Å². The largest absolute Gasteiger partial charge is 0.398 e. The highest BCUT2D eigenvalue weighted by atomic mass is 35.5. The van der Waals surface area contributed by atoms with Gasteiger partial charge in [0.1, 0.15) is 0 Å². The van der Waals surface area contributed by atoms with Crippen LogP contribution in [0.2, 0.25) is 5.02 Å². The summed E-state index contributed by atoms with van der Waals surface area (Å²) in [6.07, 6.45) is 5.05. The van der Waals surface area contributed by atoms with Crippen LogP contribution < -0.4 is 5.73 Å². The van der Waals surface area contributed by atoms with Gasteiger partial charge in [0, 0.05) is 0 Å². The fourth-order valence-corrected chi connectivity index (χ4v) is 2.75. The second kappa shape index (κ2) is 4.66. The van der Waals surface area contributed by atoms with Gasteiger partial charge in [0.15, 0.2) is 0 Å². The Hall–Kier alpha value is -1.47. The summed E-state index contributed by atoms with van der Waals surface area (Å²) in [5.74, 6) is 0. The normalized spacial score (nSPS) is 14.3. The molecule has 2 aromatic carbocycles. The molecule has 0 heterocycles. The first kappa shape index (κ1) is 11.6. The zero-order valence-corrected chi connectivity index (χ0v) is 11.0. The molecule has 2 aromatic rings. The average molecular weight is 258 g/mol. The Bertz CT molecular complexity index is 590. The third-order valence-corrected chi connectivity index (χ3v) is 4.02. The van der Waals surface area contributed by atoms with E-state index in [-0.39, 0.29) is 0 Å². The standard InChI is InChI=1S/C16H16ClN/c17-15-8-7-14(10-16(15)18)13-6-5-11-3-1-2-4-12(11)9-13/h5-10H,1-4,18H2. The maximum atomic E-state index is 5.96. The summed E-state index contributed by atoms with van der Waals surface area (Å²) in [5, 5.41) is 0.622. The van der Waals surface area contributed by atoms with E-state index in [1.807, 2.05) is 18.2 Å². The van der Waals surface area contributed by atoms with Crippen LogP contribution in [0.25, 0.3) is 11.1 Å². The van der Waals surface area contributed by atoms with Gasteiger partial charge in [0.05, 0.1) is 10.7 Å². The van der Waals surface area contributed by atoms with E-state index in [0.29, 0.717) is 10.7 Å². The Kier molecular flexibility index (Phi) is 3.00. The lowest BCUT2D eigenvalue weighted by Crippen LogP contribution is -2.02. The first-order valence-corrected chi connectivity index (χ1v) is 6.79. The van der Waals surface area contributed by atoms with E-state index < -0.39 is 0 Å². The van der Waals surface area contributed by atoms with Gasteiger partial charge in [-0.25, -0.2) is 0 Å². The lowest BCUT2D eigenvalue weighted by atomic mass is 9.89. The maximum Gasteiger partial charge on any atom is 0.0635 e. The summed E-state index contributed by atoms with van der Waals surface area (Å²) in [6, 6.07) is 12.6. The van der Waals surface area contributed by atoms with Crippen molar-refractivity contribution in [2.45, 2.75) is 25.7 Å². The summed E-state index contributed by atoms with van der Waals surface area (Å²) in [4.78, 5) is 0. The molecule has 0 aromatic heterocycles. The van der Waals surface area contributed by atoms with Crippen LogP contribution in [-0.2, 0) is 12.8 Å². The van der Waals surface area contributed by atoms with Gasteiger partial charge in [-0.2, -0.15) is 0 Å². The number of nitrogen functional groups attached to an aromatic ring is 1. The SMILES string of the molecule is Nc1cc(-c2ccc3c(c2)CCCC3)ccc1Cl. The van der Waals surface area contributed by atoms with Gasteiger partial charge in [0.25, 0.3) is 0 Å². The van der Waals surface area contributed by atoms with Gasteiger partial charge < -0.3 is 5.73 Å². The fraction of sp³-hybridized carbons (Fsp3) is 0.250. The van der Waals surface area contributed by atoms with Gasteiger partial charge >= 0.3 is 0 Å². The molecule has 92 valence electrons. The van der Waals surface area contributed by atoms with Crippen LogP contribution in [0.15, 0.2) is 36.4 Å². The highest BCUT2D eigenvalue weighted by Gasteiger charge is 2.10. The summed E-state index contributed by atoms with van der Waals surface area (Å²) in [5.41, 5.74) is 11.9. The minimum atomic E-state index is 0.622. The quantitative estimate of drug-likeness (QED) is 0.750. The average Bonchev–Trinajstić information content (AvgIpc) is 2.41. The Labute approximate surface area is 113 Å². The number of fused-ring (bicyclic) bond motifs is 1. The highest BCUT2D eigenvalue weighted by Crippen LogP contribution is 2.30. The van der Waals surface area contributed by atoms with Crippen molar-refractivity contribution < 1.29 is 0 Å². The van der Waals surface area contributed by atoms with E-state index in [0.717, 1.165) is 5.56 Å². The minimum Gasteiger partial charge on any atom is -0.398 e. The van der Waals surface area contributed by atoms with Crippen molar-refractivity contribution in [3.8, 4) is 11.1 Å². The molecular formula is C16H16ClN. The van der Waals surface area contributed by atoms with E-state index in [4.69, 9.17) is 17.3 Å². The number of hydrogen-bond acceptors (Lipinski definition) is 1. The molecule has 0 saturated carbocycles. The van der Waals surface area contributed by atoms with Crippen molar-refractivity contribution in [2.24, 2.45) is 0 Å². The minimum absolute atomic E-state index is 0.622. The Balaban J connectivity index is 2.03. The predicted octanol–water partition coefficient (Wildman–Crippen LogP) is 4.47. The van der Waals surface area contributed by atoms with Crippen molar-refractivity contribution in [1.82, 2.24) is 0 Å². The second-order valence-electron chi connectivity index (χ2n) is 4.93. The molecule has 0 unspecified atom stereocenters. The zero-order valence-electron chi connectivity index (χ0n) is 10.2. The van der Waals surface area contributed by atoms with Gasteiger partial charge in [-0.1, -0.05) is 35.9 Å². The molecule has 3 rings (SSSR count). The molecule has 0 fully saturated rings. The number of anilines is 1. The maximum absolute atomic E-state index is 5.96. The van der Waals surface area contributed by atoms with Crippen molar-refractivity contribution in [1.29, 1.82) is 0 Å². The molecule has 2 heteroatoms. The fourth-order valence-electron chi connectivity index (χ4n) is 2.64. The Morgan fingerprint density at radius 2 is 1.50 bits per heavy atom. The number of rotatable bonds is 1. The molecule has 0 atom stereocenters. The zero-order chi connectivity index (χ0) is 12.5. The molecule has 0 spiro atoms. The van der Waals surface area contributed by atoms with Crippen molar-refractivity contribution >= 4 is 17.3 Å². The van der Waals surface area contributed by atoms with Crippen molar-refractivity contribution in [2.75, 3.05) is 5.73 Å². The molecular weight excluding hydrogens is 242 g/mol. The summed E-state index contributed by atoms with van der Waals surface area (Å²) in [7, 11) is 0. The second-order valence-corrected chi connectivity index (χ2v) is 5.33. The Morgan fingerprint density at radius 3 is 2.28 bits per heavy atom. The summed E-state index contributed by atoms with van der Waals surface area (Å²) < 4.78 is 0. The van der Waals surface area contributed by atoms with Gasteiger partial charge in [-0.05, 0) is 60.1 Å². The third-order valence-electron chi connectivity index (χ3n) is 3.68. The topological polar surface area (TPSA) is 26.0 Å². The molecule has 0 aliphatic heterocycles. The molecule has 0 amide bonds. The number of halogens is 1. The molecule has 0 saturated heterocycles. The van der Waals surface area contributed by atoms with Crippen LogP contribution in [0.4, 0.5) is 5.69 Å². The van der Waals surface area contributed by atoms with Gasteiger partial charge in [-0.15, -0.1) is 0 Å². The Morgan fingerprint density at radius 1 is 0.833 bits per heavy atom. The van der Waals surface area contributed by atoms with Crippen LogP contribution in [0.5, 0.6) is 0 Å². The highest BCUT2D eigenvalue weighted by molar-refractivity contribution is 6.33.